The van der Waals surface area contributed by atoms with Crippen molar-refractivity contribution in [2.45, 2.75) is 26.7 Å². The first-order chi connectivity index (χ1) is 10.7. The van der Waals surface area contributed by atoms with E-state index in [4.69, 9.17) is 10.5 Å². The van der Waals surface area contributed by atoms with E-state index in [2.05, 4.69) is 40.7 Å². The lowest BCUT2D eigenvalue weighted by atomic mass is 10.1. The fraction of sp³-hybridized carbons (Fsp3) is 0.353. The van der Waals surface area contributed by atoms with Crippen LogP contribution >= 0.6 is 11.3 Å². The number of thiazole rings is 1. The molecule has 2 heterocycles. The van der Waals surface area contributed by atoms with Gasteiger partial charge in [-0.3, -0.25) is 4.40 Å². The summed E-state index contributed by atoms with van der Waals surface area (Å²) in [5.74, 6) is 0.918. The monoisotopic (exact) mass is 315 g/mol. The summed E-state index contributed by atoms with van der Waals surface area (Å²) < 4.78 is 7.88. The van der Waals surface area contributed by atoms with Crippen LogP contribution in [0.4, 0.5) is 0 Å². The molecule has 1 aromatic carbocycles. The minimum absolute atomic E-state index is 0.633. The quantitative estimate of drug-likeness (QED) is 0.755. The van der Waals surface area contributed by atoms with E-state index in [9.17, 15) is 0 Å². The van der Waals surface area contributed by atoms with E-state index in [0.29, 0.717) is 6.54 Å². The molecule has 0 fully saturated rings. The number of imidazole rings is 1. The number of aromatic nitrogens is 2. The van der Waals surface area contributed by atoms with Crippen LogP contribution in [-0.2, 0) is 6.42 Å². The Bertz CT molecular complexity index is 758. The standard InChI is InChI=1S/C17H21N3OS/c1-3-10-21-14-6-4-13(5-7-14)16-11-22-17-19-12(2)15(8-9-18)20(16)17/h4-7,11H,3,8-10,18H2,1-2H3. The number of nitrogens with two attached hydrogens (primary N) is 1. The lowest BCUT2D eigenvalue weighted by Gasteiger charge is -2.07. The number of aryl methyl sites for hydroxylation is 1. The Morgan fingerprint density at radius 1 is 1.27 bits per heavy atom. The van der Waals surface area contributed by atoms with E-state index in [1.54, 1.807) is 11.3 Å². The van der Waals surface area contributed by atoms with Crippen molar-refractivity contribution in [3.8, 4) is 17.0 Å². The van der Waals surface area contributed by atoms with Gasteiger partial charge in [-0.05, 0) is 49.7 Å². The number of ether oxygens (including phenoxy) is 1. The van der Waals surface area contributed by atoms with Crippen LogP contribution in [0.1, 0.15) is 24.7 Å². The average Bonchev–Trinajstić information content (AvgIpc) is 3.06. The number of hydrogen-bond acceptors (Lipinski definition) is 4. The first kappa shape index (κ1) is 15.1. The first-order valence-corrected chi connectivity index (χ1v) is 8.51. The lowest BCUT2D eigenvalue weighted by Crippen LogP contribution is -2.06. The van der Waals surface area contributed by atoms with Crippen molar-refractivity contribution >= 4 is 16.3 Å². The molecule has 5 heteroatoms. The molecule has 2 N–H and O–H groups in total. The Hall–Kier alpha value is -1.85. The highest BCUT2D eigenvalue weighted by Crippen LogP contribution is 2.30. The van der Waals surface area contributed by atoms with E-state index in [1.807, 2.05) is 12.1 Å². The van der Waals surface area contributed by atoms with Gasteiger partial charge in [-0.15, -0.1) is 11.3 Å². The third kappa shape index (κ3) is 2.74. The summed E-state index contributed by atoms with van der Waals surface area (Å²) in [7, 11) is 0. The third-order valence-corrected chi connectivity index (χ3v) is 4.49. The molecule has 4 nitrogen and oxygen atoms in total. The van der Waals surface area contributed by atoms with Crippen molar-refractivity contribution in [2.75, 3.05) is 13.2 Å². The molecule has 3 rings (SSSR count). The fourth-order valence-corrected chi connectivity index (χ4v) is 3.55. The topological polar surface area (TPSA) is 52.5 Å². The average molecular weight is 315 g/mol. The normalized spacial score (nSPS) is 11.2. The first-order valence-electron chi connectivity index (χ1n) is 7.63. The van der Waals surface area contributed by atoms with Crippen LogP contribution in [0.25, 0.3) is 16.2 Å². The number of rotatable bonds is 6. The molecule has 0 radical (unpaired) electrons. The zero-order chi connectivity index (χ0) is 15.5. The van der Waals surface area contributed by atoms with Gasteiger partial charge in [-0.25, -0.2) is 4.98 Å². The van der Waals surface area contributed by atoms with Crippen molar-refractivity contribution < 1.29 is 4.74 Å². The van der Waals surface area contributed by atoms with Gasteiger partial charge in [0.05, 0.1) is 18.0 Å². The molecule has 0 atom stereocenters. The van der Waals surface area contributed by atoms with E-state index in [0.717, 1.165) is 35.9 Å². The van der Waals surface area contributed by atoms with E-state index < -0.39 is 0 Å². The summed E-state index contributed by atoms with van der Waals surface area (Å²) in [6, 6.07) is 8.27. The Morgan fingerprint density at radius 2 is 2.05 bits per heavy atom. The van der Waals surface area contributed by atoms with Crippen LogP contribution in [-0.4, -0.2) is 22.5 Å². The van der Waals surface area contributed by atoms with Gasteiger partial charge in [0, 0.05) is 17.5 Å². The van der Waals surface area contributed by atoms with Crippen molar-refractivity contribution in [3.63, 3.8) is 0 Å². The summed E-state index contributed by atoms with van der Waals surface area (Å²) >= 11 is 1.67. The maximum Gasteiger partial charge on any atom is 0.194 e. The van der Waals surface area contributed by atoms with Crippen LogP contribution in [0, 0.1) is 6.92 Å². The van der Waals surface area contributed by atoms with Crippen molar-refractivity contribution in [2.24, 2.45) is 5.73 Å². The zero-order valence-electron chi connectivity index (χ0n) is 13.0. The summed E-state index contributed by atoms with van der Waals surface area (Å²) in [6.45, 7) is 5.55. The summed E-state index contributed by atoms with van der Waals surface area (Å²) in [5.41, 5.74) is 10.4. The molecule has 0 amide bonds. The zero-order valence-corrected chi connectivity index (χ0v) is 13.8. The molecule has 0 spiro atoms. The van der Waals surface area contributed by atoms with Crippen molar-refractivity contribution in [1.82, 2.24) is 9.38 Å². The molecule has 0 bridgehead atoms. The highest BCUT2D eigenvalue weighted by Gasteiger charge is 2.14. The van der Waals surface area contributed by atoms with Gasteiger partial charge in [0.15, 0.2) is 4.96 Å². The van der Waals surface area contributed by atoms with Crippen LogP contribution < -0.4 is 10.5 Å². The second kappa shape index (κ2) is 6.50. The molecule has 0 unspecified atom stereocenters. The number of hydrogen-bond donors (Lipinski definition) is 1. The second-order valence-electron chi connectivity index (χ2n) is 5.29. The predicted octanol–water partition coefficient (Wildman–Crippen LogP) is 3.66. The molecule has 0 saturated heterocycles. The second-order valence-corrected chi connectivity index (χ2v) is 6.13. The highest BCUT2D eigenvalue weighted by atomic mass is 32.1. The van der Waals surface area contributed by atoms with Gasteiger partial charge in [-0.1, -0.05) is 6.92 Å². The highest BCUT2D eigenvalue weighted by molar-refractivity contribution is 7.15. The minimum Gasteiger partial charge on any atom is -0.494 e. The molecular formula is C17H21N3OS. The SMILES string of the molecule is CCCOc1ccc(-c2csc3nc(C)c(CCN)n23)cc1. The summed E-state index contributed by atoms with van der Waals surface area (Å²) in [6.07, 6.45) is 1.86. The summed E-state index contributed by atoms with van der Waals surface area (Å²) in [5, 5.41) is 2.16. The number of benzene rings is 1. The van der Waals surface area contributed by atoms with E-state index in [-0.39, 0.29) is 0 Å². The molecule has 3 aromatic rings. The molecule has 2 aromatic heterocycles. The molecule has 0 aliphatic heterocycles. The summed E-state index contributed by atoms with van der Waals surface area (Å²) in [4.78, 5) is 5.67. The van der Waals surface area contributed by atoms with Gasteiger partial charge in [0.1, 0.15) is 5.75 Å². The van der Waals surface area contributed by atoms with Crippen LogP contribution in [0.3, 0.4) is 0 Å². The Labute approximate surface area is 134 Å². The number of fused-ring (bicyclic) bond motifs is 1. The molecule has 22 heavy (non-hydrogen) atoms. The maximum absolute atomic E-state index is 5.75. The number of nitrogens with zero attached hydrogens (tertiary/aromatic N) is 2. The van der Waals surface area contributed by atoms with Gasteiger partial charge in [0.2, 0.25) is 0 Å². The smallest absolute Gasteiger partial charge is 0.194 e. The Morgan fingerprint density at radius 3 is 2.73 bits per heavy atom. The Balaban J connectivity index is 1.99. The lowest BCUT2D eigenvalue weighted by molar-refractivity contribution is 0.317. The largest absolute Gasteiger partial charge is 0.494 e. The van der Waals surface area contributed by atoms with Gasteiger partial charge >= 0.3 is 0 Å². The molecule has 0 aliphatic rings. The van der Waals surface area contributed by atoms with Crippen molar-refractivity contribution in [1.29, 1.82) is 0 Å². The molecule has 0 saturated carbocycles. The van der Waals surface area contributed by atoms with E-state index in [1.165, 1.54) is 17.0 Å². The maximum atomic E-state index is 5.75. The van der Waals surface area contributed by atoms with E-state index >= 15 is 0 Å². The third-order valence-electron chi connectivity index (χ3n) is 3.66. The van der Waals surface area contributed by atoms with Crippen LogP contribution in [0.15, 0.2) is 29.6 Å². The predicted molar refractivity (Wildman–Crippen MR) is 91.8 cm³/mol. The van der Waals surface area contributed by atoms with Crippen molar-refractivity contribution in [3.05, 3.63) is 41.0 Å². The van der Waals surface area contributed by atoms with Gasteiger partial charge < -0.3 is 10.5 Å². The fourth-order valence-electron chi connectivity index (χ4n) is 2.59. The van der Waals surface area contributed by atoms with Gasteiger partial charge in [0.25, 0.3) is 0 Å². The molecular weight excluding hydrogens is 294 g/mol. The minimum atomic E-state index is 0.633. The van der Waals surface area contributed by atoms with Gasteiger partial charge in [-0.2, -0.15) is 0 Å². The molecule has 0 aliphatic carbocycles. The molecule has 116 valence electrons. The van der Waals surface area contributed by atoms with Crippen LogP contribution in [0.5, 0.6) is 5.75 Å². The van der Waals surface area contributed by atoms with Crippen LogP contribution in [0.2, 0.25) is 0 Å². The Kier molecular flexibility index (Phi) is 4.45.